The van der Waals surface area contributed by atoms with Gasteiger partial charge in [-0.3, -0.25) is 9.88 Å². The molecule has 1 N–H and O–H groups in total. The average Bonchev–Trinajstić information content (AvgIpc) is 2.91. The molecule has 5 nitrogen and oxygen atoms in total. The van der Waals surface area contributed by atoms with E-state index in [1.165, 1.54) is 6.20 Å². The van der Waals surface area contributed by atoms with Crippen LogP contribution in [0.25, 0.3) is 0 Å². The minimum atomic E-state index is -0.939. The summed E-state index contributed by atoms with van der Waals surface area (Å²) in [6.45, 7) is 5.56. The Morgan fingerprint density at radius 1 is 1.58 bits per heavy atom. The van der Waals surface area contributed by atoms with E-state index in [1.54, 1.807) is 12.1 Å². The van der Waals surface area contributed by atoms with Crippen molar-refractivity contribution in [2.45, 2.75) is 32.4 Å². The fourth-order valence-electron chi connectivity index (χ4n) is 2.26. The van der Waals surface area contributed by atoms with Crippen molar-refractivity contribution in [1.29, 1.82) is 0 Å². The van der Waals surface area contributed by atoms with E-state index in [0.29, 0.717) is 6.10 Å². The number of aromatic nitrogens is 1. The molecule has 0 aliphatic carbocycles. The van der Waals surface area contributed by atoms with Gasteiger partial charge >= 0.3 is 5.97 Å². The lowest BCUT2D eigenvalue weighted by Gasteiger charge is -2.23. The van der Waals surface area contributed by atoms with Crippen molar-refractivity contribution >= 4 is 5.97 Å². The van der Waals surface area contributed by atoms with Crippen molar-refractivity contribution in [3.05, 3.63) is 29.6 Å². The lowest BCUT2D eigenvalue weighted by atomic mass is 10.2. The summed E-state index contributed by atoms with van der Waals surface area (Å²) >= 11 is 0. The monoisotopic (exact) mass is 264 g/mol. The van der Waals surface area contributed by atoms with E-state index >= 15 is 0 Å². The molecule has 0 spiro atoms. The lowest BCUT2D eigenvalue weighted by Crippen LogP contribution is -2.31. The van der Waals surface area contributed by atoms with E-state index < -0.39 is 5.97 Å². The zero-order chi connectivity index (χ0) is 13.7. The number of hydrogen-bond donors (Lipinski definition) is 1. The molecule has 19 heavy (non-hydrogen) atoms. The van der Waals surface area contributed by atoms with Gasteiger partial charge < -0.3 is 9.84 Å². The molecule has 0 aromatic carbocycles. The minimum Gasteiger partial charge on any atom is -0.478 e. The van der Waals surface area contributed by atoms with Crippen LogP contribution in [-0.2, 0) is 11.3 Å². The van der Waals surface area contributed by atoms with Crippen LogP contribution in [0.2, 0.25) is 0 Å². The smallest absolute Gasteiger partial charge is 0.337 e. The maximum atomic E-state index is 10.8. The zero-order valence-electron chi connectivity index (χ0n) is 11.2. The van der Waals surface area contributed by atoms with Crippen molar-refractivity contribution in [3.8, 4) is 0 Å². The third kappa shape index (κ3) is 4.01. The van der Waals surface area contributed by atoms with Crippen LogP contribution in [-0.4, -0.2) is 46.8 Å². The molecule has 1 aliphatic rings. The third-order valence-corrected chi connectivity index (χ3v) is 3.39. The van der Waals surface area contributed by atoms with Gasteiger partial charge in [0.05, 0.1) is 17.4 Å². The van der Waals surface area contributed by atoms with E-state index in [0.717, 1.165) is 44.8 Å². The van der Waals surface area contributed by atoms with Gasteiger partial charge in [-0.2, -0.15) is 0 Å². The summed E-state index contributed by atoms with van der Waals surface area (Å²) in [5.41, 5.74) is 1.12. The topological polar surface area (TPSA) is 62.7 Å². The molecule has 1 aromatic heterocycles. The number of aromatic carboxylic acids is 1. The van der Waals surface area contributed by atoms with Gasteiger partial charge in [0.2, 0.25) is 0 Å². The van der Waals surface area contributed by atoms with Crippen molar-refractivity contribution in [3.63, 3.8) is 0 Å². The summed E-state index contributed by atoms with van der Waals surface area (Å²) < 4.78 is 5.63. The molecule has 1 aliphatic heterocycles. The molecule has 1 unspecified atom stereocenters. The minimum absolute atomic E-state index is 0.228. The Bertz CT molecular complexity index is 413. The molecule has 2 rings (SSSR count). The number of carbonyl (C=O) groups is 1. The Labute approximate surface area is 113 Å². The molecule has 5 heteroatoms. The first-order valence-electron chi connectivity index (χ1n) is 6.71. The molecule has 1 saturated heterocycles. The van der Waals surface area contributed by atoms with Gasteiger partial charge in [-0.1, -0.05) is 6.92 Å². The second-order valence-electron chi connectivity index (χ2n) is 4.81. The Morgan fingerprint density at radius 2 is 2.42 bits per heavy atom. The number of pyridine rings is 1. The summed E-state index contributed by atoms with van der Waals surface area (Å²) in [5.74, 6) is -0.939. The highest BCUT2D eigenvalue weighted by Crippen LogP contribution is 2.14. The van der Waals surface area contributed by atoms with E-state index in [2.05, 4.69) is 16.8 Å². The van der Waals surface area contributed by atoms with Crippen molar-refractivity contribution in [1.82, 2.24) is 9.88 Å². The number of ether oxygens (including phenoxy) is 1. The highest BCUT2D eigenvalue weighted by Gasteiger charge is 2.18. The first kappa shape index (κ1) is 14.0. The predicted molar refractivity (Wildman–Crippen MR) is 71.1 cm³/mol. The van der Waals surface area contributed by atoms with Crippen LogP contribution in [0, 0.1) is 0 Å². The fraction of sp³-hybridized carbons (Fsp3) is 0.571. The second kappa shape index (κ2) is 6.63. The van der Waals surface area contributed by atoms with Crippen LogP contribution in [0.4, 0.5) is 0 Å². The largest absolute Gasteiger partial charge is 0.478 e. The van der Waals surface area contributed by atoms with Gasteiger partial charge in [0.1, 0.15) is 0 Å². The number of nitrogens with zero attached hydrogens (tertiary/aromatic N) is 2. The highest BCUT2D eigenvalue weighted by atomic mass is 16.5. The van der Waals surface area contributed by atoms with Crippen LogP contribution >= 0.6 is 0 Å². The van der Waals surface area contributed by atoms with Gasteiger partial charge in [0.15, 0.2) is 0 Å². The maximum absolute atomic E-state index is 10.8. The molecule has 1 aromatic rings. The summed E-state index contributed by atoms with van der Waals surface area (Å²) in [6.07, 6.45) is 4.02. The van der Waals surface area contributed by atoms with Crippen LogP contribution in [0.1, 0.15) is 35.8 Å². The molecule has 1 atom stereocenters. The van der Waals surface area contributed by atoms with Gasteiger partial charge in [0.25, 0.3) is 0 Å². The van der Waals surface area contributed by atoms with E-state index in [-0.39, 0.29) is 5.56 Å². The first-order valence-corrected chi connectivity index (χ1v) is 6.71. The molecule has 0 saturated carbocycles. The molecule has 2 heterocycles. The molecule has 104 valence electrons. The normalized spacial score (nSPS) is 18.9. The van der Waals surface area contributed by atoms with Gasteiger partial charge in [-0.25, -0.2) is 4.79 Å². The second-order valence-corrected chi connectivity index (χ2v) is 4.81. The van der Waals surface area contributed by atoms with Crippen LogP contribution in [0.15, 0.2) is 18.3 Å². The summed E-state index contributed by atoms with van der Waals surface area (Å²) in [5, 5.41) is 8.83. The quantitative estimate of drug-likeness (QED) is 0.848. The van der Waals surface area contributed by atoms with E-state index in [1.807, 2.05) is 0 Å². The van der Waals surface area contributed by atoms with E-state index in [4.69, 9.17) is 9.84 Å². The van der Waals surface area contributed by atoms with Crippen LogP contribution in [0.5, 0.6) is 0 Å². The van der Waals surface area contributed by atoms with Crippen molar-refractivity contribution in [2.75, 3.05) is 19.7 Å². The van der Waals surface area contributed by atoms with Crippen molar-refractivity contribution < 1.29 is 14.6 Å². The zero-order valence-corrected chi connectivity index (χ0v) is 11.2. The SMILES string of the molecule is CCN(Cc1ccc(C(=O)O)cn1)CC1CCCO1. The Hall–Kier alpha value is -1.46. The fourth-order valence-corrected chi connectivity index (χ4v) is 2.26. The standard InChI is InChI=1S/C14H20N2O3/c1-2-16(10-13-4-3-7-19-13)9-12-6-5-11(8-15-12)14(17)18/h5-6,8,13H,2-4,7,9-10H2,1H3,(H,17,18). The predicted octanol–water partition coefficient (Wildman–Crippen LogP) is 1.78. The Kier molecular flexibility index (Phi) is 4.87. The molecular formula is C14H20N2O3. The Morgan fingerprint density at radius 3 is 2.95 bits per heavy atom. The molecule has 1 fully saturated rings. The number of carboxylic acid groups (broad SMARTS) is 1. The number of hydrogen-bond acceptors (Lipinski definition) is 4. The van der Waals surface area contributed by atoms with Crippen molar-refractivity contribution in [2.24, 2.45) is 0 Å². The lowest BCUT2D eigenvalue weighted by molar-refractivity contribution is 0.0696. The van der Waals surface area contributed by atoms with Crippen LogP contribution < -0.4 is 0 Å². The number of likely N-dealkylation sites (N-methyl/N-ethyl adjacent to an activating group) is 1. The maximum Gasteiger partial charge on any atom is 0.337 e. The number of carboxylic acids is 1. The molecule has 0 bridgehead atoms. The van der Waals surface area contributed by atoms with Gasteiger partial charge in [-0.05, 0) is 31.5 Å². The third-order valence-electron chi connectivity index (χ3n) is 3.39. The molecular weight excluding hydrogens is 244 g/mol. The summed E-state index contributed by atoms with van der Waals surface area (Å²) in [6, 6.07) is 3.38. The van der Waals surface area contributed by atoms with Gasteiger partial charge in [-0.15, -0.1) is 0 Å². The molecule has 0 radical (unpaired) electrons. The highest BCUT2D eigenvalue weighted by molar-refractivity contribution is 5.87. The molecule has 0 amide bonds. The van der Waals surface area contributed by atoms with E-state index in [9.17, 15) is 4.79 Å². The average molecular weight is 264 g/mol. The Balaban J connectivity index is 1.91. The summed E-state index contributed by atoms with van der Waals surface area (Å²) in [7, 11) is 0. The van der Waals surface area contributed by atoms with Crippen LogP contribution in [0.3, 0.4) is 0 Å². The van der Waals surface area contributed by atoms with Gasteiger partial charge in [0, 0.05) is 25.9 Å². The number of rotatable bonds is 6. The first-order chi connectivity index (χ1) is 9.19. The summed E-state index contributed by atoms with van der Waals surface area (Å²) in [4.78, 5) is 17.2.